The van der Waals surface area contributed by atoms with Crippen LogP contribution in [-0.2, 0) is 6.42 Å². The molecule has 0 aromatic heterocycles. The van der Waals surface area contributed by atoms with Crippen molar-refractivity contribution in [3.05, 3.63) is 40.0 Å². The molecule has 0 nitrogen and oxygen atoms in total. The first-order chi connectivity index (χ1) is 6.22. The molecule has 68 valence electrons. The molecule has 1 aliphatic rings. The number of allylic oxidation sites excluding steroid dienone is 1. The minimum absolute atomic E-state index is 1.18. The second-order valence-corrected chi connectivity index (χ2v) is 3.92. The van der Waals surface area contributed by atoms with Crippen LogP contribution in [0.1, 0.15) is 35.6 Å². The van der Waals surface area contributed by atoms with Crippen LogP contribution in [-0.4, -0.2) is 0 Å². The Morgan fingerprint density at radius 1 is 1.15 bits per heavy atom. The molecule has 0 aliphatic heterocycles. The highest BCUT2D eigenvalue weighted by atomic mass is 14.2. The van der Waals surface area contributed by atoms with Gasteiger partial charge in [0.1, 0.15) is 0 Å². The van der Waals surface area contributed by atoms with Crippen LogP contribution in [0.3, 0.4) is 0 Å². The van der Waals surface area contributed by atoms with Gasteiger partial charge in [-0.1, -0.05) is 30.7 Å². The summed E-state index contributed by atoms with van der Waals surface area (Å²) in [6.45, 7) is 6.65. The number of rotatable bonds is 1. The highest BCUT2D eigenvalue weighted by Crippen LogP contribution is 2.31. The fourth-order valence-electron chi connectivity index (χ4n) is 2.04. The van der Waals surface area contributed by atoms with E-state index in [1.54, 1.807) is 11.1 Å². The van der Waals surface area contributed by atoms with Gasteiger partial charge in [0, 0.05) is 0 Å². The molecule has 0 amide bonds. The molecule has 0 heterocycles. The molecule has 0 atom stereocenters. The Morgan fingerprint density at radius 2 is 1.85 bits per heavy atom. The Morgan fingerprint density at radius 3 is 2.46 bits per heavy atom. The van der Waals surface area contributed by atoms with Gasteiger partial charge in [-0.05, 0) is 48.9 Å². The van der Waals surface area contributed by atoms with Crippen LogP contribution in [0.15, 0.2) is 17.7 Å². The van der Waals surface area contributed by atoms with E-state index < -0.39 is 0 Å². The average molecular weight is 172 g/mol. The maximum atomic E-state index is 2.37. The molecule has 2 rings (SSSR count). The fourth-order valence-corrected chi connectivity index (χ4v) is 2.04. The topological polar surface area (TPSA) is 0 Å². The number of hydrogen-bond acceptors (Lipinski definition) is 0. The van der Waals surface area contributed by atoms with Crippen molar-refractivity contribution in [3.8, 4) is 0 Å². The summed E-state index contributed by atoms with van der Waals surface area (Å²) in [5.74, 6) is 0. The molecule has 0 saturated heterocycles. The third-order valence-corrected chi connectivity index (χ3v) is 3.02. The quantitative estimate of drug-likeness (QED) is 0.606. The average Bonchev–Trinajstić information content (AvgIpc) is 2.56. The van der Waals surface area contributed by atoms with E-state index >= 15 is 0 Å². The maximum Gasteiger partial charge on any atom is -0.00552 e. The third-order valence-electron chi connectivity index (χ3n) is 3.02. The molecule has 0 fully saturated rings. The van der Waals surface area contributed by atoms with Crippen molar-refractivity contribution in [2.24, 2.45) is 0 Å². The van der Waals surface area contributed by atoms with E-state index in [-0.39, 0.29) is 0 Å². The summed E-state index contributed by atoms with van der Waals surface area (Å²) < 4.78 is 0. The molecule has 0 unspecified atom stereocenters. The first kappa shape index (κ1) is 8.55. The molecule has 1 aliphatic carbocycles. The summed E-state index contributed by atoms with van der Waals surface area (Å²) in [5, 5.41) is 0. The molecular formula is C13H16. The van der Waals surface area contributed by atoms with Gasteiger partial charge < -0.3 is 0 Å². The summed E-state index contributed by atoms with van der Waals surface area (Å²) in [6.07, 6.45) is 4.74. The number of fused-ring (bicyclic) bond motifs is 1. The van der Waals surface area contributed by atoms with Crippen LogP contribution in [0.2, 0.25) is 0 Å². The molecule has 1 aromatic rings. The largest absolute Gasteiger partial charge is 0.0655 e. The normalized spacial score (nSPS) is 14.2. The molecule has 0 saturated carbocycles. The smallest absolute Gasteiger partial charge is 0.00552 e. The first-order valence-electron chi connectivity index (χ1n) is 5.01. The van der Waals surface area contributed by atoms with Crippen molar-refractivity contribution in [2.75, 3.05) is 0 Å². The third kappa shape index (κ3) is 1.31. The van der Waals surface area contributed by atoms with Crippen LogP contribution < -0.4 is 0 Å². The Kier molecular flexibility index (Phi) is 1.99. The summed E-state index contributed by atoms with van der Waals surface area (Å²) in [7, 11) is 0. The lowest BCUT2D eigenvalue weighted by Crippen LogP contribution is -1.90. The van der Waals surface area contributed by atoms with Crippen LogP contribution >= 0.6 is 0 Å². The predicted octanol–water partition coefficient (Wildman–Crippen LogP) is 3.65. The zero-order chi connectivity index (χ0) is 9.42. The van der Waals surface area contributed by atoms with E-state index in [4.69, 9.17) is 0 Å². The SMILES string of the molecule is CCC1=Cc2c(C)ccc(C)c2C1. The Bertz CT molecular complexity index is 370. The molecule has 0 radical (unpaired) electrons. The fraction of sp³-hybridized carbons (Fsp3) is 0.385. The zero-order valence-corrected chi connectivity index (χ0v) is 8.65. The molecule has 13 heavy (non-hydrogen) atoms. The summed E-state index contributed by atoms with van der Waals surface area (Å²) >= 11 is 0. The lowest BCUT2D eigenvalue weighted by Gasteiger charge is -2.06. The van der Waals surface area contributed by atoms with Gasteiger partial charge in [-0.25, -0.2) is 0 Å². The molecule has 0 N–H and O–H groups in total. The monoisotopic (exact) mass is 172 g/mol. The summed E-state index contributed by atoms with van der Waals surface area (Å²) in [6, 6.07) is 4.46. The second kappa shape index (κ2) is 3.02. The van der Waals surface area contributed by atoms with Crippen molar-refractivity contribution in [2.45, 2.75) is 33.6 Å². The van der Waals surface area contributed by atoms with Crippen LogP contribution in [0.25, 0.3) is 6.08 Å². The van der Waals surface area contributed by atoms with Gasteiger partial charge in [0.05, 0.1) is 0 Å². The van der Waals surface area contributed by atoms with E-state index in [0.717, 1.165) is 0 Å². The minimum atomic E-state index is 1.18. The van der Waals surface area contributed by atoms with Gasteiger partial charge in [-0.2, -0.15) is 0 Å². The van der Waals surface area contributed by atoms with Crippen molar-refractivity contribution in [1.29, 1.82) is 0 Å². The van der Waals surface area contributed by atoms with Crippen molar-refractivity contribution in [3.63, 3.8) is 0 Å². The van der Waals surface area contributed by atoms with E-state index in [1.165, 1.54) is 29.5 Å². The molecular weight excluding hydrogens is 156 g/mol. The number of benzene rings is 1. The van der Waals surface area contributed by atoms with Gasteiger partial charge in [-0.15, -0.1) is 0 Å². The van der Waals surface area contributed by atoms with Gasteiger partial charge in [-0.3, -0.25) is 0 Å². The zero-order valence-electron chi connectivity index (χ0n) is 8.65. The highest BCUT2D eigenvalue weighted by molar-refractivity contribution is 5.68. The summed E-state index contributed by atoms with van der Waals surface area (Å²) in [5.41, 5.74) is 7.48. The van der Waals surface area contributed by atoms with E-state index in [1.807, 2.05) is 0 Å². The van der Waals surface area contributed by atoms with Gasteiger partial charge in [0.15, 0.2) is 0 Å². The van der Waals surface area contributed by atoms with Gasteiger partial charge >= 0.3 is 0 Å². The van der Waals surface area contributed by atoms with E-state index in [0.29, 0.717) is 0 Å². The summed E-state index contributed by atoms with van der Waals surface area (Å²) in [4.78, 5) is 0. The maximum absolute atomic E-state index is 2.37. The Balaban J connectivity index is 2.54. The van der Waals surface area contributed by atoms with Crippen molar-refractivity contribution < 1.29 is 0 Å². The molecule has 0 bridgehead atoms. The van der Waals surface area contributed by atoms with Crippen LogP contribution in [0.4, 0.5) is 0 Å². The first-order valence-corrected chi connectivity index (χ1v) is 5.01. The second-order valence-electron chi connectivity index (χ2n) is 3.92. The van der Waals surface area contributed by atoms with Crippen LogP contribution in [0, 0.1) is 13.8 Å². The van der Waals surface area contributed by atoms with Crippen LogP contribution in [0.5, 0.6) is 0 Å². The molecule has 0 spiro atoms. The molecule has 0 heteroatoms. The highest BCUT2D eigenvalue weighted by Gasteiger charge is 2.14. The van der Waals surface area contributed by atoms with Gasteiger partial charge in [0.25, 0.3) is 0 Å². The van der Waals surface area contributed by atoms with Crippen molar-refractivity contribution in [1.82, 2.24) is 0 Å². The lowest BCUT2D eigenvalue weighted by molar-refractivity contribution is 1.03. The standard InChI is InChI=1S/C13H16/c1-4-11-7-12-9(2)5-6-10(3)13(12)8-11/h5-7H,4,8H2,1-3H3. The predicted molar refractivity (Wildman–Crippen MR) is 57.9 cm³/mol. The Labute approximate surface area is 80.3 Å². The number of hydrogen-bond donors (Lipinski definition) is 0. The lowest BCUT2D eigenvalue weighted by atomic mass is 9.99. The van der Waals surface area contributed by atoms with Crippen molar-refractivity contribution >= 4 is 6.08 Å². The Hall–Kier alpha value is -1.04. The van der Waals surface area contributed by atoms with E-state index in [2.05, 4.69) is 39.0 Å². The minimum Gasteiger partial charge on any atom is -0.0655 e. The van der Waals surface area contributed by atoms with E-state index in [9.17, 15) is 0 Å². The number of aryl methyl sites for hydroxylation is 2. The van der Waals surface area contributed by atoms with Gasteiger partial charge in [0.2, 0.25) is 0 Å². The molecule has 1 aromatic carbocycles.